The van der Waals surface area contributed by atoms with Crippen molar-refractivity contribution in [1.82, 2.24) is 0 Å². The van der Waals surface area contributed by atoms with E-state index in [0.29, 0.717) is 0 Å². The molecule has 0 aromatic heterocycles. The minimum atomic E-state index is -5.90. The molecule has 2 N–H and O–H groups in total. The van der Waals surface area contributed by atoms with E-state index in [2.05, 4.69) is 0 Å². The minimum Gasteiger partial charge on any atom is -0.543 e. The third kappa shape index (κ3) is 6.69. The van der Waals surface area contributed by atoms with Crippen LogP contribution in [0.4, 0.5) is 17.6 Å². The normalized spacial score (nSPS) is 12.5. The van der Waals surface area contributed by atoms with Gasteiger partial charge in [0.05, 0.1) is 0 Å². The van der Waals surface area contributed by atoms with Gasteiger partial charge in [0.25, 0.3) is 0 Å². The van der Waals surface area contributed by atoms with Gasteiger partial charge in [0.1, 0.15) is 11.9 Å². The van der Waals surface area contributed by atoms with E-state index in [1.165, 1.54) is 0 Å². The second-order valence-electron chi connectivity index (χ2n) is 2.56. The van der Waals surface area contributed by atoms with Crippen LogP contribution < -0.4 is 10.2 Å². The predicted octanol–water partition coefficient (Wildman–Crippen LogP) is -3.95. The van der Waals surface area contributed by atoms with Gasteiger partial charge >= 0.3 is 53.8 Å². The molecule has 0 aromatic carbocycles. The molecule has 0 bridgehead atoms. The van der Waals surface area contributed by atoms with Crippen molar-refractivity contribution in [2.45, 2.75) is 10.5 Å². The maximum absolute atomic E-state index is 11.6. The molecule has 0 heterocycles. The molecule has 0 unspecified atom stereocenters. The smallest absolute Gasteiger partial charge is 0.543 e. The molecule has 0 aromatic rings. The summed E-state index contributed by atoms with van der Waals surface area (Å²) in [5.41, 5.74) is 0. The summed E-state index contributed by atoms with van der Waals surface area (Å²) in [7, 11) is -11.8. The Hall–Kier alpha value is -0.754. The third-order valence-electron chi connectivity index (χ3n) is 1.12. The van der Waals surface area contributed by atoms with E-state index in [4.69, 9.17) is 9.11 Å². The van der Waals surface area contributed by atoms with Gasteiger partial charge in [0, 0.05) is 0 Å². The quantitative estimate of drug-likeness (QED) is 0.279. The molecule has 0 rings (SSSR count). The molecule has 0 amide bonds. The molecule has 0 fully saturated rings. The fraction of sp³-hybridized carbons (Fsp3) is 0.500. The van der Waals surface area contributed by atoms with E-state index in [1.54, 1.807) is 0 Å². The van der Waals surface area contributed by atoms with E-state index >= 15 is 0 Å². The fourth-order valence-corrected chi connectivity index (χ4v) is 0.632. The molecule has 21 heavy (non-hydrogen) atoms. The zero-order valence-corrected chi connectivity index (χ0v) is 12.2. The van der Waals surface area contributed by atoms with Crippen LogP contribution in [0.2, 0.25) is 0 Å². The molecule has 10 nitrogen and oxygen atoms in total. The monoisotopic (exact) mass is 374 g/mol. The fourth-order valence-electron chi connectivity index (χ4n) is 0.211. The summed E-state index contributed by atoms with van der Waals surface area (Å²) in [6, 6.07) is 0. The van der Waals surface area contributed by atoms with Crippen molar-refractivity contribution in [2.24, 2.45) is 0 Å². The van der Waals surface area contributed by atoms with Gasteiger partial charge in [-0.3, -0.25) is 9.11 Å². The first kappa shape index (κ1) is 25.2. The van der Waals surface area contributed by atoms with Crippen LogP contribution in [0.5, 0.6) is 0 Å². The summed E-state index contributed by atoms with van der Waals surface area (Å²) in [6.45, 7) is 0. The number of aliphatic carboxylic acids is 2. The van der Waals surface area contributed by atoms with E-state index < -0.39 is 42.7 Å². The second kappa shape index (κ2) is 7.49. The molecule has 17 heteroatoms. The topological polar surface area (TPSA) is 189 Å². The van der Waals surface area contributed by atoms with Gasteiger partial charge in [-0.1, -0.05) is 0 Å². The number of alkyl halides is 4. The van der Waals surface area contributed by atoms with E-state index in [9.17, 15) is 54.2 Å². The molecule has 0 saturated heterocycles. The Balaban J connectivity index is -0.000000295. The van der Waals surface area contributed by atoms with Crippen molar-refractivity contribution in [2.75, 3.05) is 0 Å². The van der Waals surface area contributed by atoms with Crippen LogP contribution in [0.3, 0.4) is 0 Å². The van der Waals surface area contributed by atoms with Gasteiger partial charge < -0.3 is 19.8 Å². The molecule has 0 atom stereocenters. The molecule has 0 aliphatic heterocycles. The van der Waals surface area contributed by atoms with Crippen molar-refractivity contribution in [3.8, 4) is 0 Å². The Morgan fingerprint density at radius 3 is 0.905 bits per heavy atom. The molecular weight excluding hydrogens is 372 g/mol. The number of carboxylic acid groups (broad SMARTS) is 2. The molecule has 0 saturated carbocycles. The van der Waals surface area contributed by atoms with Crippen molar-refractivity contribution in [3.63, 3.8) is 0 Å². The van der Waals surface area contributed by atoms with Crippen LogP contribution in [-0.2, 0) is 29.8 Å². The van der Waals surface area contributed by atoms with Crippen molar-refractivity contribution >= 4 is 55.2 Å². The first-order valence-electron chi connectivity index (χ1n) is 3.51. The zero-order valence-electron chi connectivity index (χ0n) is 9.20. The van der Waals surface area contributed by atoms with Crippen LogP contribution in [-0.4, -0.2) is 71.4 Å². The number of halogens is 4. The number of hydrogen-bond acceptors (Lipinski definition) is 8. The maximum Gasteiger partial charge on any atom is 2.00 e. The molecule has 0 aliphatic carbocycles. The van der Waals surface area contributed by atoms with Crippen LogP contribution >= 0.6 is 0 Å². The summed E-state index contributed by atoms with van der Waals surface area (Å²) in [5, 5.41) is 8.08. The van der Waals surface area contributed by atoms with Gasteiger partial charge in [-0.15, -0.1) is 0 Å². The molecule has 120 valence electrons. The first-order chi connectivity index (χ1) is 8.39. The first-order valence-corrected chi connectivity index (χ1v) is 6.39. The summed E-state index contributed by atoms with van der Waals surface area (Å²) >= 11 is 0. The minimum absolute atomic E-state index is 0. The Bertz CT molecular complexity index is 541. The van der Waals surface area contributed by atoms with Gasteiger partial charge in [0.2, 0.25) is 0 Å². The molecular formula is C4H2F4MgO10S2. The summed E-state index contributed by atoms with van der Waals surface area (Å²) < 4.78 is 99.2. The predicted molar refractivity (Wildman–Crippen MR) is 48.8 cm³/mol. The van der Waals surface area contributed by atoms with Gasteiger partial charge in [0.15, 0.2) is 0 Å². The zero-order chi connectivity index (χ0) is 17.2. The van der Waals surface area contributed by atoms with Crippen molar-refractivity contribution in [3.05, 3.63) is 0 Å². The summed E-state index contributed by atoms with van der Waals surface area (Å²) in [4.78, 5) is 18.5. The third-order valence-corrected chi connectivity index (χ3v) is 2.75. The van der Waals surface area contributed by atoms with E-state index in [0.717, 1.165) is 0 Å². The number of hydrogen-bond donors (Lipinski definition) is 2. The summed E-state index contributed by atoms with van der Waals surface area (Å²) in [5.74, 6) is -6.31. The molecule has 0 spiro atoms. The van der Waals surface area contributed by atoms with Crippen LogP contribution in [0.15, 0.2) is 0 Å². The van der Waals surface area contributed by atoms with Gasteiger partial charge in [-0.25, -0.2) is 0 Å². The largest absolute Gasteiger partial charge is 2.00 e. The standard InChI is InChI=1S/2C2H2F2O5S.Mg/c2*3-2(4,1(5)6)10(7,8)9;/h2*(H,5,6)(H,7,8,9);/q;;+2/p-2. The molecule has 0 aliphatic rings. The average molecular weight is 374 g/mol. The second-order valence-corrected chi connectivity index (χ2v) is 5.48. The van der Waals surface area contributed by atoms with E-state index in [1.807, 2.05) is 0 Å². The Labute approximate surface area is 129 Å². The number of carbonyl (C=O) groups excluding carboxylic acids is 2. The Morgan fingerprint density at radius 2 is 0.905 bits per heavy atom. The van der Waals surface area contributed by atoms with Crippen molar-refractivity contribution < 1.29 is 63.3 Å². The number of carboxylic acids is 2. The molecule has 0 radical (unpaired) electrons. The number of rotatable bonds is 4. The Morgan fingerprint density at radius 1 is 0.762 bits per heavy atom. The van der Waals surface area contributed by atoms with Crippen molar-refractivity contribution in [1.29, 1.82) is 0 Å². The average Bonchev–Trinajstić information content (AvgIpc) is 2.14. The number of carbonyl (C=O) groups is 2. The SMILES string of the molecule is O=C([O-])C(F)(F)S(=O)(=O)O.O=C([O-])C(F)(F)S(=O)(=O)O.[Mg+2]. The van der Waals surface area contributed by atoms with Crippen LogP contribution in [0.25, 0.3) is 0 Å². The maximum atomic E-state index is 11.6. The van der Waals surface area contributed by atoms with Gasteiger partial charge in [-0.05, 0) is 0 Å². The van der Waals surface area contributed by atoms with E-state index in [-0.39, 0.29) is 23.1 Å². The van der Waals surface area contributed by atoms with Crippen LogP contribution in [0, 0.1) is 0 Å². The van der Waals surface area contributed by atoms with Crippen LogP contribution in [0.1, 0.15) is 0 Å². The Kier molecular flexibility index (Phi) is 8.99. The summed E-state index contributed by atoms with van der Waals surface area (Å²) in [6.07, 6.45) is 0. The van der Waals surface area contributed by atoms with Gasteiger partial charge in [-0.2, -0.15) is 34.4 Å².